The lowest BCUT2D eigenvalue weighted by molar-refractivity contribution is -0.119. The van der Waals surface area contributed by atoms with E-state index in [2.05, 4.69) is 19.2 Å². The zero-order valence-electron chi connectivity index (χ0n) is 10.9. The molecule has 0 saturated carbocycles. The van der Waals surface area contributed by atoms with Crippen LogP contribution in [0.2, 0.25) is 0 Å². The van der Waals surface area contributed by atoms with Crippen molar-refractivity contribution in [3.05, 3.63) is 29.8 Å². The van der Waals surface area contributed by atoms with Gasteiger partial charge >= 0.3 is 0 Å². The second kappa shape index (κ2) is 6.28. The number of aryl methyl sites for hydroxylation is 1. The van der Waals surface area contributed by atoms with E-state index in [0.717, 1.165) is 18.5 Å². The normalized spacial score (nSPS) is 14.1. The summed E-state index contributed by atoms with van der Waals surface area (Å²) in [6, 6.07) is 7.70. The molecule has 2 unspecified atom stereocenters. The summed E-state index contributed by atoms with van der Waals surface area (Å²) >= 11 is 0. The van der Waals surface area contributed by atoms with Gasteiger partial charge in [-0.05, 0) is 31.4 Å². The zero-order chi connectivity index (χ0) is 12.8. The highest BCUT2D eigenvalue weighted by molar-refractivity contribution is 5.83. The van der Waals surface area contributed by atoms with Gasteiger partial charge < -0.3 is 11.1 Å². The summed E-state index contributed by atoms with van der Waals surface area (Å²) < 4.78 is 0. The van der Waals surface area contributed by atoms with Crippen molar-refractivity contribution in [3.8, 4) is 0 Å². The van der Waals surface area contributed by atoms with E-state index >= 15 is 0 Å². The van der Waals surface area contributed by atoms with Gasteiger partial charge in [0.15, 0.2) is 0 Å². The van der Waals surface area contributed by atoms with E-state index in [-0.39, 0.29) is 17.9 Å². The Kier molecular flexibility index (Phi) is 5.01. The fraction of sp³-hybridized carbons (Fsp3) is 0.500. The molecule has 0 fully saturated rings. The van der Waals surface area contributed by atoms with Crippen molar-refractivity contribution in [3.63, 3.8) is 0 Å². The van der Waals surface area contributed by atoms with Gasteiger partial charge in [0.05, 0.1) is 0 Å². The van der Waals surface area contributed by atoms with E-state index < -0.39 is 0 Å². The SMILES string of the molecule is CCCC(C)C(Nc1ccc(C)cc1)C(N)=O. The minimum atomic E-state index is -0.294. The molecule has 0 aliphatic heterocycles. The molecule has 0 radical (unpaired) electrons. The molecule has 17 heavy (non-hydrogen) atoms. The van der Waals surface area contributed by atoms with Gasteiger partial charge in [0.1, 0.15) is 6.04 Å². The molecule has 2 atom stereocenters. The highest BCUT2D eigenvalue weighted by Crippen LogP contribution is 2.17. The number of amides is 1. The van der Waals surface area contributed by atoms with Gasteiger partial charge in [-0.1, -0.05) is 38.0 Å². The highest BCUT2D eigenvalue weighted by atomic mass is 16.1. The fourth-order valence-electron chi connectivity index (χ4n) is 1.95. The third-order valence-electron chi connectivity index (χ3n) is 2.99. The standard InChI is InChI=1S/C14H22N2O/c1-4-5-11(3)13(14(15)17)16-12-8-6-10(2)7-9-12/h6-9,11,13,16H,4-5H2,1-3H3,(H2,15,17). The van der Waals surface area contributed by atoms with Gasteiger partial charge in [-0.25, -0.2) is 0 Å². The van der Waals surface area contributed by atoms with Crippen molar-refractivity contribution in [2.24, 2.45) is 11.7 Å². The van der Waals surface area contributed by atoms with E-state index in [1.165, 1.54) is 5.56 Å². The van der Waals surface area contributed by atoms with Crippen LogP contribution in [0.25, 0.3) is 0 Å². The molecule has 94 valence electrons. The number of benzene rings is 1. The smallest absolute Gasteiger partial charge is 0.240 e. The van der Waals surface area contributed by atoms with Crippen LogP contribution in [-0.2, 0) is 4.79 Å². The van der Waals surface area contributed by atoms with E-state index in [0.29, 0.717) is 0 Å². The van der Waals surface area contributed by atoms with E-state index in [1.54, 1.807) is 0 Å². The van der Waals surface area contributed by atoms with Crippen molar-refractivity contribution in [1.29, 1.82) is 0 Å². The molecule has 0 bridgehead atoms. The third-order valence-corrected chi connectivity index (χ3v) is 2.99. The minimum Gasteiger partial charge on any atom is -0.373 e. The van der Waals surface area contributed by atoms with Gasteiger partial charge in [0, 0.05) is 5.69 Å². The fourth-order valence-corrected chi connectivity index (χ4v) is 1.95. The van der Waals surface area contributed by atoms with Crippen molar-refractivity contribution < 1.29 is 4.79 Å². The number of hydrogen-bond donors (Lipinski definition) is 2. The second-order valence-corrected chi connectivity index (χ2v) is 4.66. The number of carbonyl (C=O) groups is 1. The van der Waals surface area contributed by atoms with Crippen LogP contribution in [0.1, 0.15) is 32.3 Å². The topological polar surface area (TPSA) is 55.1 Å². The average Bonchev–Trinajstić information content (AvgIpc) is 2.28. The molecule has 0 saturated heterocycles. The summed E-state index contributed by atoms with van der Waals surface area (Å²) in [4.78, 5) is 11.4. The van der Waals surface area contributed by atoms with Crippen LogP contribution in [0.15, 0.2) is 24.3 Å². The first kappa shape index (κ1) is 13.6. The Bertz CT molecular complexity index is 359. The number of hydrogen-bond acceptors (Lipinski definition) is 2. The molecule has 0 aromatic heterocycles. The largest absolute Gasteiger partial charge is 0.373 e. The van der Waals surface area contributed by atoms with E-state index in [4.69, 9.17) is 5.73 Å². The summed E-state index contributed by atoms with van der Waals surface area (Å²) in [6.07, 6.45) is 2.05. The molecule has 3 heteroatoms. The van der Waals surface area contributed by atoms with Crippen molar-refractivity contribution in [2.45, 2.75) is 39.7 Å². The Hall–Kier alpha value is -1.51. The molecule has 0 heterocycles. The average molecular weight is 234 g/mol. The number of primary amides is 1. The molecule has 1 aromatic carbocycles. The maximum absolute atomic E-state index is 11.4. The van der Waals surface area contributed by atoms with E-state index in [1.807, 2.05) is 31.2 Å². The number of nitrogens with one attached hydrogen (secondary N) is 1. The summed E-state index contributed by atoms with van der Waals surface area (Å²) in [5.41, 5.74) is 7.59. The molecule has 3 nitrogen and oxygen atoms in total. The Labute approximate surface area is 103 Å². The molecule has 1 rings (SSSR count). The van der Waals surface area contributed by atoms with Crippen LogP contribution in [0.5, 0.6) is 0 Å². The predicted molar refractivity (Wildman–Crippen MR) is 71.9 cm³/mol. The minimum absolute atomic E-state index is 0.249. The Morgan fingerprint density at radius 1 is 1.35 bits per heavy atom. The molecule has 1 aromatic rings. The maximum atomic E-state index is 11.4. The zero-order valence-corrected chi connectivity index (χ0v) is 10.9. The first-order valence-corrected chi connectivity index (χ1v) is 6.17. The summed E-state index contributed by atoms with van der Waals surface area (Å²) in [5.74, 6) is -0.0367. The van der Waals surface area contributed by atoms with Crippen molar-refractivity contribution in [2.75, 3.05) is 5.32 Å². The van der Waals surface area contributed by atoms with Gasteiger partial charge in [0.25, 0.3) is 0 Å². The monoisotopic (exact) mass is 234 g/mol. The van der Waals surface area contributed by atoms with Crippen LogP contribution in [0.3, 0.4) is 0 Å². The molecule has 0 spiro atoms. The van der Waals surface area contributed by atoms with E-state index in [9.17, 15) is 4.79 Å². The van der Waals surface area contributed by atoms with Gasteiger partial charge in [-0.2, -0.15) is 0 Å². The van der Waals surface area contributed by atoms with Gasteiger partial charge in [-0.3, -0.25) is 4.79 Å². The molecule has 1 amide bonds. The Morgan fingerprint density at radius 2 is 1.94 bits per heavy atom. The maximum Gasteiger partial charge on any atom is 0.240 e. The third kappa shape index (κ3) is 4.10. The summed E-state index contributed by atoms with van der Waals surface area (Å²) in [7, 11) is 0. The lowest BCUT2D eigenvalue weighted by Crippen LogP contribution is -2.40. The van der Waals surface area contributed by atoms with Crippen molar-refractivity contribution >= 4 is 11.6 Å². The van der Waals surface area contributed by atoms with Crippen molar-refractivity contribution in [1.82, 2.24) is 0 Å². The first-order chi connectivity index (χ1) is 8.04. The number of rotatable bonds is 6. The Balaban J connectivity index is 2.73. The van der Waals surface area contributed by atoms with Crippen LogP contribution in [0, 0.1) is 12.8 Å². The Morgan fingerprint density at radius 3 is 2.41 bits per heavy atom. The van der Waals surface area contributed by atoms with Gasteiger partial charge in [-0.15, -0.1) is 0 Å². The number of anilines is 1. The van der Waals surface area contributed by atoms with Crippen LogP contribution < -0.4 is 11.1 Å². The molecule has 3 N–H and O–H groups in total. The molecular formula is C14H22N2O. The first-order valence-electron chi connectivity index (χ1n) is 6.17. The predicted octanol–water partition coefficient (Wildman–Crippen LogP) is 2.70. The lowest BCUT2D eigenvalue weighted by atomic mass is 9.96. The molecular weight excluding hydrogens is 212 g/mol. The second-order valence-electron chi connectivity index (χ2n) is 4.66. The van der Waals surface area contributed by atoms with Crippen LogP contribution in [-0.4, -0.2) is 11.9 Å². The summed E-state index contributed by atoms with van der Waals surface area (Å²) in [5, 5.41) is 3.22. The number of nitrogens with two attached hydrogens (primary N) is 1. The van der Waals surface area contributed by atoms with Gasteiger partial charge in [0.2, 0.25) is 5.91 Å². The van der Waals surface area contributed by atoms with Crippen LogP contribution >= 0.6 is 0 Å². The number of carbonyl (C=O) groups excluding carboxylic acids is 1. The van der Waals surface area contributed by atoms with Crippen LogP contribution in [0.4, 0.5) is 5.69 Å². The molecule has 0 aliphatic carbocycles. The quantitative estimate of drug-likeness (QED) is 0.795. The lowest BCUT2D eigenvalue weighted by Gasteiger charge is -2.23. The molecule has 0 aliphatic rings. The summed E-state index contributed by atoms with van der Waals surface area (Å²) in [6.45, 7) is 6.20. The highest BCUT2D eigenvalue weighted by Gasteiger charge is 2.21.